The van der Waals surface area contributed by atoms with Crippen molar-refractivity contribution in [3.05, 3.63) is 88.8 Å². The van der Waals surface area contributed by atoms with Gasteiger partial charge in [0.05, 0.1) is 4.91 Å². The number of benzene rings is 2. The van der Waals surface area contributed by atoms with Crippen molar-refractivity contribution < 1.29 is 14.7 Å². The first kappa shape index (κ1) is 24.6. The van der Waals surface area contributed by atoms with Gasteiger partial charge in [0.25, 0.3) is 5.91 Å². The Morgan fingerprint density at radius 1 is 1.19 bits per heavy atom. The predicted molar refractivity (Wildman–Crippen MR) is 136 cm³/mol. The normalized spacial score (nSPS) is 14.1. The highest BCUT2D eigenvalue weighted by atomic mass is 79.9. The lowest BCUT2D eigenvalue weighted by Gasteiger charge is -2.14. The zero-order valence-corrected chi connectivity index (χ0v) is 19.8. The van der Waals surface area contributed by atoms with Gasteiger partial charge in [-0.2, -0.15) is 0 Å². The van der Waals surface area contributed by atoms with Crippen LogP contribution >= 0.6 is 39.9 Å². The van der Waals surface area contributed by atoms with Crippen LogP contribution in [0.15, 0.2) is 83.2 Å². The molecule has 1 heterocycles. The fraction of sp³-hybridized carbons (Fsp3) is 0.0870. The molecule has 1 fully saturated rings. The summed E-state index contributed by atoms with van der Waals surface area (Å²) in [6.45, 7) is 6.93. The minimum Gasteiger partial charge on any atom is -0.508 e. The van der Waals surface area contributed by atoms with Crippen LogP contribution in [0.1, 0.15) is 12.0 Å². The number of phenolic OH excluding ortho intramolecular Hbond substituents is 1. The van der Waals surface area contributed by atoms with Crippen LogP contribution in [-0.2, 0) is 9.59 Å². The minimum absolute atomic E-state index is 0.123. The third-order valence-electron chi connectivity index (χ3n) is 3.90. The molecule has 0 aromatic heterocycles. The van der Waals surface area contributed by atoms with Crippen molar-refractivity contribution in [2.24, 2.45) is 0 Å². The summed E-state index contributed by atoms with van der Waals surface area (Å²) in [7, 11) is 0. The van der Waals surface area contributed by atoms with E-state index in [1.807, 2.05) is 24.3 Å². The molecule has 1 aliphatic heterocycles. The Balaban J connectivity index is 0.000000785. The molecule has 0 spiro atoms. The van der Waals surface area contributed by atoms with Crippen LogP contribution in [0, 0.1) is 0 Å². The second-order valence-corrected chi connectivity index (χ2v) is 8.80. The lowest BCUT2D eigenvalue weighted by molar-refractivity contribution is -0.122. The zero-order chi connectivity index (χ0) is 22.8. The van der Waals surface area contributed by atoms with E-state index in [1.165, 1.54) is 28.8 Å². The first-order valence-electron chi connectivity index (χ1n) is 9.17. The molecule has 0 atom stereocenters. The fourth-order valence-electron chi connectivity index (χ4n) is 2.42. The standard InChI is InChI=1S/C19H15BrN2O3S2.C4H6/c20-13-3-1-2-12(10-13)11-16-18(25)22(19(26)27-16)9-8-17(24)21-14-4-6-15(23)7-5-14;1-3-4-2/h1-7,10-11,23H,8-9H2,(H,21,24);3-4H,1-2H2/b16-11-;. The maximum atomic E-state index is 12.6. The zero-order valence-electron chi connectivity index (χ0n) is 16.6. The molecule has 1 aliphatic rings. The number of thioether (sulfide) groups is 1. The summed E-state index contributed by atoms with van der Waals surface area (Å²) in [4.78, 5) is 26.7. The number of anilines is 1. The SMILES string of the molecule is C=CC=C.O=C(CCN1C(=O)/C(=C/c2cccc(Br)c2)SC1=S)Nc1ccc(O)cc1. The molecule has 0 aliphatic carbocycles. The van der Waals surface area contributed by atoms with Gasteiger partial charge in [0.2, 0.25) is 5.91 Å². The highest BCUT2D eigenvalue weighted by molar-refractivity contribution is 9.10. The number of nitrogens with zero attached hydrogens (tertiary/aromatic N) is 1. The van der Waals surface area contributed by atoms with Gasteiger partial charge in [-0.25, -0.2) is 0 Å². The number of phenols is 1. The average molecular weight is 517 g/mol. The molecule has 2 amide bonds. The summed E-state index contributed by atoms with van der Waals surface area (Å²) in [5.74, 6) is -0.295. The molecule has 0 saturated carbocycles. The van der Waals surface area contributed by atoms with Gasteiger partial charge in [0.15, 0.2) is 0 Å². The molecular formula is C23H21BrN2O3S2. The van der Waals surface area contributed by atoms with Crippen LogP contribution in [0.4, 0.5) is 5.69 Å². The quantitative estimate of drug-likeness (QED) is 0.221. The van der Waals surface area contributed by atoms with Crippen molar-refractivity contribution in [1.82, 2.24) is 4.90 Å². The monoisotopic (exact) mass is 516 g/mol. The molecule has 2 N–H and O–H groups in total. The van der Waals surface area contributed by atoms with Crippen LogP contribution in [0.5, 0.6) is 5.75 Å². The second-order valence-electron chi connectivity index (χ2n) is 6.20. The third-order valence-corrected chi connectivity index (χ3v) is 5.77. The van der Waals surface area contributed by atoms with Gasteiger partial charge < -0.3 is 10.4 Å². The highest BCUT2D eigenvalue weighted by Crippen LogP contribution is 2.33. The number of aromatic hydroxyl groups is 1. The Hall–Kier alpha value is -2.68. The maximum Gasteiger partial charge on any atom is 0.266 e. The smallest absolute Gasteiger partial charge is 0.266 e. The third kappa shape index (κ3) is 7.82. The van der Waals surface area contributed by atoms with E-state index in [4.69, 9.17) is 12.2 Å². The number of thiocarbonyl (C=S) groups is 1. The van der Waals surface area contributed by atoms with E-state index in [9.17, 15) is 14.7 Å². The van der Waals surface area contributed by atoms with Gasteiger partial charge in [-0.15, -0.1) is 0 Å². The van der Waals surface area contributed by atoms with E-state index in [-0.39, 0.29) is 30.5 Å². The van der Waals surface area contributed by atoms with Gasteiger partial charge in [0, 0.05) is 23.1 Å². The molecule has 0 unspecified atom stereocenters. The molecule has 0 bridgehead atoms. The summed E-state index contributed by atoms with van der Waals surface area (Å²) >= 11 is 9.93. The molecule has 2 aromatic rings. The molecular weight excluding hydrogens is 496 g/mol. The number of halogens is 1. The number of hydrogen-bond acceptors (Lipinski definition) is 5. The molecule has 160 valence electrons. The number of nitrogens with one attached hydrogen (secondary N) is 1. The van der Waals surface area contributed by atoms with Crippen molar-refractivity contribution in [1.29, 1.82) is 0 Å². The number of hydrogen-bond donors (Lipinski definition) is 2. The largest absolute Gasteiger partial charge is 0.508 e. The van der Waals surface area contributed by atoms with Gasteiger partial charge >= 0.3 is 0 Å². The van der Waals surface area contributed by atoms with Gasteiger partial charge in [-0.05, 0) is 48.0 Å². The topological polar surface area (TPSA) is 69.6 Å². The molecule has 0 radical (unpaired) electrons. The van der Waals surface area contributed by atoms with Gasteiger partial charge in [-0.1, -0.05) is 77.4 Å². The Bertz CT molecular complexity index is 1010. The molecule has 31 heavy (non-hydrogen) atoms. The van der Waals surface area contributed by atoms with Crippen molar-refractivity contribution in [3.8, 4) is 5.75 Å². The van der Waals surface area contributed by atoms with E-state index < -0.39 is 0 Å². The van der Waals surface area contributed by atoms with Crippen molar-refractivity contribution >= 4 is 67.8 Å². The summed E-state index contributed by atoms with van der Waals surface area (Å²) in [6, 6.07) is 13.8. The molecule has 8 heteroatoms. The average Bonchev–Trinajstić information content (AvgIpc) is 3.01. The molecule has 2 aromatic carbocycles. The van der Waals surface area contributed by atoms with Crippen LogP contribution in [0.3, 0.4) is 0 Å². The number of rotatable bonds is 6. The Kier molecular flexibility index (Phi) is 9.71. The Morgan fingerprint density at radius 2 is 1.87 bits per heavy atom. The van der Waals surface area contributed by atoms with E-state index in [2.05, 4.69) is 34.4 Å². The molecule has 1 saturated heterocycles. The summed E-state index contributed by atoms with van der Waals surface area (Å²) in [6.07, 6.45) is 5.19. The predicted octanol–water partition coefficient (Wildman–Crippen LogP) is 5.74. The Labute approximate surface area is 199 Å². The van der Waals surface area contributed by atoms with Gasteiger partial charge in [-0.3, -0.25) is 14.5 Å². The van der Waals surface area contributed by atoms with E-state index in [0.717, 1.165) is 10.0 Å². The first-order chi connectivity index (χ1) is 14.8. The van der Waals surface area contributed by atoms with Gasteiger partial charge in [0.1, 0.15) is 10.1 Å². The highest BCUT2D eigenvalue weighted by Gasteiger charge is 2.32. The van der Waals surface area contributed by atoms with E-state index >= 15 is 0 Å². The lowest BCUT2D eigenvalue weighted by Crippen LogP contribution is -2.31. The van der Waals surface area contributed by atoms with E-state index in [0.29, 0.717) is 14.9 Å². The van der Waals surface area contributed by atoms with Crippen molar-refractivity contribution in [2.45, 2.75) is 6.42 Å². The van der Waals surface area contributed by atoms with Crippen molar-refractivity contribution in [3.63, 3.8) is 0 Å². The molecule has 5 nitrogen and oxygen atoms in total. The summed E-state index contributed by atoms with van der Waals surface area (Å²) in [5, 5.41) is 12.0. The van der Waals surface area contributed by atoms with Crippen LogP contribution in [-0.4, -0.2) is 32.7 Å². The number of carbonyl (C=O) groups is 2. The van der Waals surface area contributed by atoms with Crippen LogP contribution in [0.25, 0.3) is 6.08 Å². The summed E-state index contributed by atoms with van der Waals surface area (Å²) in [5.41, 5.74) is 1.48. The van der Waals surface area contributed by atoms with E-state index in [1.54, 1.807) is 30.4 Å². The maximum absolute atomic E-state index is 12.6. The first-order valence-corrected chi connectivity index (χ1v) is 11.2. The second kappa shape index (κ2) is 12.2. The van der Waals surface area contributed by atoms with Crippen molar-refractivity contribution in [2.75, 3.05) is 11.9 Å². The lowest BCUT2D eigenvalue weighted by atomic mass is 10.2. The number of amides is 2. The fourth-order valence-corrected chi connectivity index (χ4v) is 4.15. The van der Waals surface area contributed by atoms with Crippen LogP contribution in [0.2, 0.25) is 0 Å². The Morgan fingerprint density at radius 3 is 2.48 bits per heavy atom. The summed E-state index contributed by atoms with van der Waals surface area (Å²) < 4.78 is 1.37. The number of carbonyl (C=O) groups excluding carboxylic acids is 2. The number of allylic oxidation sites excluding steroid dienone is 2. The van der Waals surface area contributed by atoms with Crippen LogP contribution < -0.4 is 5.32 Å². The molecule has 3 rings (SSSR count). The minimum atomic E-state index is -0.231.